The van der Waals surface area contributed by atoms with E-state index >= 15 is 0 Å². The molecule has 1 aliphatic heterocycles. The molecule has 1 heterocycles. The molecule has 0 saturated carbocycles. The monoisotopic (exact) mass is 462 g/mol. The van der Waals surface area contributed by atoms with Crippen LogP contribution in [0.3, 0.4) is 0 Å². The molecule has 1 aliphatic rings. The fraction of sp³-hybridized carbons (Fsp3) is 0.542. The van der Waals surface area contributed by atoms with Crippen molar-refractivity contribution in [1.82, 2.24) is 9.80 Å². The fourth-order valence-corrected chi connectivity index (χ4v) is 3.32. The molecular formula is C24H34N2O7. The molecular weight excluding hydrogens is 428 g/mol. The Kier molecular flexibility index (Phi) is 8.87. The van der Waals surface area contributed by atoms with Gasteiger partial charge in [-0.05, 0) is 40.2 Å². The predicted molar refractivity (Wildman–Crippen MR) is 121 cm³/mol. The highest BCUT2D eigenvalue weighted by Crippen LogP contribution is 2.30. The van der Waals surface area contributed by atoms with Crippen molar-refractivity contribution in [2.45, 2.75) is 58.6 Å². The van der Waals surface area contributed by atoms with E-state index in [1.807, 2.05) is 30.3 Å². The maximum Gasteiger partial charge on any atom is 0.412 e. The van der Waals surface area contributed by atoms with Crippen LogP contribution >= 0.6 is 0 Å². The highest BCUT2D eigenvalue weighted by Gasteiger charge is 2.46. The van der Waals surface area contributed by atoms with Gasteiger partial charge in [0.05, 0.1) is 12.6 Å². The van der Waals surface area contributed by atoms with Crippen LogP contribution in [0.5, 0.6) is 0 Å². The van der Waals surface area contributed by atoms with E-state index in [0.717, 1.165) is 5.56 Å². The molecule has 0 N–H and O–H groups in total. The Hall–Kier alpha value is -3.07. The van der Waals surface area contributed by atoms with Gasteiger partial charge in [-0.15, -0.1) is 0 Å². The van der Waals surface area contributed by atoms with Gasteiger partial charge in [0.25, 0.3) is 0 Å². The zero-order chi connectivity index (χ0) is 24.6. The number of amides is 2. The lowest BCUT2D eigenvalue weighted by Crippen LogP contribution is -2.54. The fourth-order valence-electron chi connectivity index (χ4n) is 3.32. The molecule has 9 nitrogen and oxygen atoms in total. The second kappa shape index (κ2) is 11.2. The molecule has 1 fully saturated rings. The van der Waals surface area contributed by atoms with Gasteiger partial charge in [0.2, 0.25) is 0 Å². The first-order valence-corrected chi connectivity index (χ1v) is 10.8. The van der Waals surface area contributed by atoms with E-state index in [4.69, 9.17) is 18.9 Å². The smallest absolute Gasteiger partial charge is 0.412 e. The van der Waals surface area contributed by atoms with E-state index in [2.05, 4.69) is 6.58 Å². The first kappa shape index (κ1) is 26.2. The largest absolute Gasteiger partial charge is 0.460 e. The van der Waals surface area contributed by atoms with E-state index in [9.17, 15) is 14.4 Å². The van der Waals surface area contributed by atoms with Crippen LogP contribution in [0, 0.1) is 0 Å². The number of hydrogen-bond acceptors (Lipinski definition) is 7. The molecule has 0 spiro atoms. The third-order valence-corrected chi connectivity index (χ3v) is 4.74. The van der Waals surface area contributed by atoms with Crippen LogP contribution < -0.4 is 0 Å². The molecule has 2 rings (SSSR count). The van der Waals surface area contributed by atoms with Crippen LogP contribution in [0.2, 0.25) is 0 Å². The number of esters is 1. The number of benzene rings is 1. The van der Waals surface area contributed by atoms with Crippen molar-refractivity contribution < 1.29 is 33.3 Å². The van der Waals surface area contributed by atoms with Crippen LogP contribution in [0.4, 0.5) is 9.59 Å². The minimum absolute atomic E-state index is 0.000511. The third-order valence-electron chi connectivity index (χ3n) is 4.74. The van der Waals surface area contributed by atoms with Crippen molar-refractivity contribution in [3.8, 4) is 0 Å². The summed E-state index contributed by atoms with van der Waals surface area (Å²) in [6.45, 7) is 12.2. The number of carbonyl (C=O) groups excluding carboxylic acids is 3. The molecule has 1 saturated heterocycles. The van der Waals surface area contributed by atoms with Gasteiger partial charge in [0.15, 0.2) is 0 Å². The molecule has 2 amide bonds. The average Bonchev–Trinajstić information content (AvgIpc) is 3.03. The number of carbonyl (C=O) groups is 3. The summed E-state index contributed by atoms with van der Waals surface area (Å²) in [5.41, 5.74) is -0.847. The van der Waals surface area contributed by atoms with E-state index < -0.39 is 35.5 Å². The van der Waals surface area contributed by atoms with Crippen molar-refractivity contribution in [2.24, 2.45) is 0 Å². The standard InChI is InChI=1S/C24H34N2O7/c1-7-13-30-20(27)15-25(21(28)31-16-18-11-9-8-10-12-18)14-19-17-32-24(5,6)26(19)22(29)33-23(2,3)4/h7-12,19H,1,13-17H2,2-6H3/t19-/m0/s1. The van der Waals surface area contributed by atoms with Gasteiger partial charge < -0.3 is 18.9 Å². The molecule has 1 aromatic carbocycles. The summed E-state index contributed by atoms with van der Waals surface area (Å²) in [5.74, 6) is -0.617. The Bertz CT molecular complexity index is 833. The van der Waals surface area contributed by atoms with Gasteiger partial charge >= 0.3 is 18.2 Å². The average molecular weight is 463 g/mol. The summed E-state index contributed by atoms with van der Waals surface area (Å²) >= 11 is 0. The van der Waals surface area contributed by atoms with Gasteiger partial charge in [-0.3, -0.25) is 14.6 Å². The SMILES string of the molecule is C=CCOC(=O)CN(C[C@H]1COC(C)(C)N1C(=O)OC(C)(C)C)C(=O)OCc1ccccc1. The van der Waals surface area contributed by atoms with Crippen molar-refractivity contribution in [3.63, 3.8) is 0 Å². The minimum Gasteiger partial charge on any atom is -0.460 e. The van der Waals surface area contributed by atoms with E-state index in [-0.39, 0.29) is 32.9 Å². The Labute approximate surface area is 195 Å². The summed E-state index contributed by atoms with van der Waals surface area (Å²) in [5, 5.41) is 0. The lowest BCUT2D eigenvalue weighted by Gasteiger charge is -2.36. The van der Waals surface area contributed by atoms with Crippen LogP contribution in [0.25, 0.3) is 0 Å². The second-order valence-corrected chi connectivity index (χ2v) is 9.15. The van der Waals surface area contributed by atoms with Gasteiger partial charge in [0, 0.05) is 6.54 Å². The van der Waals surface area contributed by atoms with Gasteiger partial charge in [-0.1, -0.05) is 43.0 Å². The van der Waals surface area contributed by atoms with Crippen molar-refractivity contribution in [3.05, 3.63) is 48.6 Å². The third kappa shape index (κ3) is 8.09. The molecule has 0 radical (unpaired) electrons. The zero-order valence-corrected chi connectivity index (χ0v) is 20.0. The summed E-state index contributed by atoms with van der Waals surface area (Å²) in [4.78, 5) is 40.7. The number of ether oxygens (including phenoxy) is 4. The summed E-state index contributed by atoms with van der Waals surface area (Å²) in [6, 6.07) is 8.64. The van der Waals surface area contributed by atoms with Crippen molar-refractivity contribution >= 4 is 18.2 Å². The zero-order valence-electron chi connectivity index (χ0n) is 20.0. The number of rotatable bonds is 8. The van der Waals surface area contributed by atoms with Crippen LogP contribution in [0.1, 0.15) is 40.2 Å². The molecule has 0 bridgehead atoms. The lowest BCUT2D eigenvalue weighted by molar-refractivity contribution is -0.143. The maximum atomic E-state index is 12.9. The highest BCUT2D eigenvalue weighted by atomic mass is 16.6. The molecule has 182 valence electrons. The van der Waals surface area contributed by atoms with Crippen molar-refractivity contribution in [1.29, 1.82) is 0 Å². The molecule has 9 heteroatoms. The van der Waals surface area contributed by atoms with E-state index in [0.29, 0.717) is 0 Å². The van der Waals surface area contributed by atoms with Crippen LogP contribution in [-0.2, 0) is 30.3 Å². The molecule has 0 aliphatic carbocycles. The highest BCUT2D eigenvalue weighted by molar-refractivity contribution is 5.78. The van der Waals surface area contributed by atoms with Crippen molar-refractivity contribution in [2.75, 3.05) is 26.3 Å². The predicted octanol–water partition coefficient (Wildman–Crippen LogP) is 3.73. The first-order chi connectivity index (χ1) is 15.4. The normalized spacial score (nSPS) is 17.2. The number of hydrogen-bond donors (Lipinski definition) is 0. The molecule has 33 heavy (non-hydrogen) atoms. The molecule has 1 atom stereocenters. The van der Waals surface area contributed by atoms with Crippen LogP contribution in [0.15, 0.2) is 43.0 Å². The van der Waals surface area contributed by atoms with Gasteiger partial charge in [-0.25, -0.2) is 9.59 Å². The number of nitrogens with zero attached hydrogens (tertiary/aromatic N) is 2. The van der Waals surface area contributed by atoms with Crippen LogP contribution in [-0.4, -0.2) is 71.6 Å². The lowest BCUT2D eigenvalue weighted by atomic mass is 10.2. The summed E-state index contributed by atoms with van der Waals surface area (Å²) < 4.78 is 21.8. The minimum atomic E-state index is -0.948. The van der Waals surface area contributed by atoms with E-state index in [1.54, 1.807) is 34.6 Å². The molecule has 1 aromatic rings. The second-order valence-electron chi connectivity index (χ2n) is 9.15. The first-order valence-electron chi connectivity index (χ1n) is 10.8. The Balaban J connectivity index is 2.16. The quantitative estimate of drug-likeness (QED) is 0.330. The Morgan fingerprint density at radius 3 is 2.48 bits per heavy atom. The molecule has 0 unspecified atom stereocenters. The van der Waals surface area contributed by atoms with Gasteiger partial charge in [0.1, 0.15) is 31.1 Å². The summed E-state index contributed by atoms with van der Waals surface area (Å²) in [6.07, 6.45) is 0.165. The maximum absolute atomic E-state index is 12.9. The summed E-state index contributed by atoms with van der Waals surface area (Å²) in [7, 11) is 0. The Morgan fingerprint density at radius 1 is 1.21 bits per heavy atom. The van der Waals surface area contributed by atoms with Gasteiger partial charge in [-0.2, -0.15) is 0 Å². The Morgan fingerprint density at radius 2 is 1.88 bits per heavy atom. The van der Waals surface area contributed by atoms with E-state index in [1.165, 1.54) is 15.9 Å². The molecule has 0 aromatic heterocycles. The topological polar surface area (TPSA) is 94.6 Å².